The van der Waals surface area contributed by atoms with Crippen LogP contribution in [0.1, 0.15) is 25.8 Å². The van der Waals surface area contributed by atoms with Gasteiger partial charge in [0, 0.05) is 17.7 Å². The van der Waals surface area contributed by atoms with Crippen molar-refractivity contribution in [3.8, 4) is 11.5 Å². The highest BCUT2D eigenvalue weighted by atomic mass is 32.1. The number of hydrogen-bond donors (Lipinski definition) is 2. The van der Waals surface area contributed by atoms with Crippen LogP contribution >= 0.6 is 12.2 Å². The van der Waals surface area contributed by atoms with Gasteiger partial charge in [-0.25, -0.2) is 0 Å². The van der Waals surface area contributed by atoms with E-state index in [-0.39, 0.29) is 30.0 Å². The van der Waals surface area contributed by atoms with E-state index < -0.39 is 0 Å². The van der Waals surface area contributed by atoms with Gasteiger partial charge in [-0.15, -0.1) is 0 Å². The SMILES string of the molecule is COc1cc(OCCC(=O)NC(C)C)cc(C(N)=S)c1. The van der Waals surface area contributed by atoms with E-state index in [9.17, 15) is 4.79 Å². The molecule has 0 atom stereocenters. The fourth-order valence-electron chi connectivity index (χ4n) is 1.57. The van der Waals surface area contributed by atoms with Crippen molar-refractivity contribution in [3.05, 3.63) is 23.8 Å². The molecule has 3 N–H and O–H groups in total. The van der Waals surface area contributed by atoms with Crippen LogP contribution < -0.4 is 20.5 Å². The summed E-state index contributed by atoms with van der Waals surface area (Å²) in [5, 5.41) is 2.80. The summed E-state index contributed by atoms with van der Waals surface area (Å²) in [5.41, 5.74) is 6.26. The normalized spacial score (nSPS) is 10.2. The molecule has 1 amide bonds. The molecule has 0 heterocycles. The van der Waals surface area contributed by atoms with E-state index >= 15 is 0 Å². The van der Waals surface area contributed by atoms with Crippen molar-refractivity contribution in [2.24, 2.45) is 5.73 Å². The van der Waals surface area contributed by atoms with Crippen molar-refractivity contribution in [3.63, 3.8) is 0 Å². The fraction of sp³-hybridized carbons (Fsp3) is 0.429. The van der Waals surface area contributed by atoms with Crippen molar-refractivity contribution in [1.29, 1.82) is 0 Å². The summed E-state index contributed by atoms with van der Waals surface area (Å²) in [6.07, 6.45) is 0.289. The van der Waals surface area contributed by atoms with Crippen LogP contribution in [0.4, 0.5) is 0 Å². The quantitative estimate of drug-likeness (QED) is 0.748. The molecule has 5 nitrogen and oxygen atoms in total. The number of ether oxygens (including phenoxy) is 2. The molecule has 0 aliphatic rings. The van der Waals surface area contributed by atoms with Gasteiger partial charge >= 0.3 is 0 Å². The summed E-state index contributed by atoms with van der Waals surface area (Å²) in [6, 6.07) is 5.31. The van der Waals surface area contributed by atoms with Gasteiger partial charge in [-0.2, -0.15) is 0 Å². The van der Waals surface area contributed by atoms with Gasteiger partial charge in [0.25, 0.3) is 0 Å². The summed E-state index contributed by atoms with van der Waals surface area (Å²) in [5.74, 6) is 1.14. The molecule has 0 unspecified atom stereocenters. The molecular weight excluding hydrogens is 276 g/mol. The van der Waals surface area contributed by atoms with E-state index in [1.807, 2.05) is 13.8 Å². The molecule has 20 heavy (non-hydrogen) atoms. The number of benzene rings is 1. The maximum Gasteiger partial charge on any atom is 0.223 e. The monoisotopic (exact) mass is 296 g/mol. The number of carbonyl (C=O) groups is 1. The number of thiocarbonyl (C=S) groups is 1. The molecule has 0 bridgehead atoms. The topological polar surface area (TPSA) is 73.6 Å². The smallest absolute Gasteiger partial charge is 0.223 e. The van der Waals surface area contributed by atoms with E-state index in [0.29, 0.717) is 17.1 Å². The maximum absolute atomic E-state index is 11.5. The third-order valence-corrected chi connectivity index (χ3v) is 2.68. The van der Waals surface area contributed by atoms with Gasteiger partial charge in [-0.05, 0) is 26.0 Å². The van der Waals surface area contributed by atoms with Gasteiger partial charge in [0.05, 0.1) is 20.1 Å². The average Bonchev–Trinajstić information content (AvgIpc) is 2.37. The first-order valence-electron chi connectivity index (χ1n) is 6.33. The highest BCUT2D eigenvalue weighted by Gasteiger charge is 2.07. The maximum atomic E-state index is 11.5. The van der Waals surface area contributed by atoms with Crippen molar-refractivity contribution >= 4 is 23.1 Å². The van der Waals surface area contributed by atoms with Crippen LogP contribution in [0.15, 0.2) is 18.2 Å². The lowest BCUT2D eigenvalue weighted by atomic mass is 10.2. The molecule has 0 spiro atoms. The molecule has 1 aromatic carbocycles. The number of rotatable bonds is 7. The second-order valence-corrected chi connectivity index (χ2v) is 5.02. The molecule has 0 aliphatic carbocycles. The lowest BCUT2D eigenvalue weighted by Crippen LogP contribution is -2.31. The first-order valence-corrected chi connectivity index (χ1v) is 6.74. The highest BCUT2D eigenvalue weighted by Crippen LogP contribution is 2.22. The molecule has 1 rings (SSSR count). The molecule has 0 radical (unpaired) electrons. The second kappa shape index (κ2) is 7.69. The van der Waals surface area contributed by atoms with Crippen LogP contribution in [0.25, 0.3) is 0 Å². The lowest BCUT2D eigenvalue weighted by molar-refractivity contribution is -0.122. The zero-order valence-corrected chi connectivity index (χ0v) is 12.8. The third kappa shape index (κ3) is 5.44. The number of amides is 1. The van der Waals surface area contributed by atoms with Crippen LogP contribution in [0.2, 0.25) is 0 Å². The lowest BCUT2D eigenvalue weighted by Gasteiger charge is -2.11. The van der Waals surface area contributed by atoms with E-state index in [1.54, 1.807) is 25.3 Å². The second-order valence-electron chi connectivity index (χ2n) is 4.58. The standard InChI is InChI=1S/C14H20N2O3S/c1-9(2)16-13(17)4-5-19-12-7-10(14(15)20)6-11(8-12)18-3/h6-9H,4-5H2,1-3H3,(H2,15,20)(H,16,17). The van der Waals surface area contributed by atoms with Crippen LogP contribution in [0.5, 0.6) is 11.5 Å². The van der Waals surface area contributed by atoms with Crippen LogP contribution in [0, 0.1) is 0 Å². The van der Waals surface area contributed by atoms with Crippen LogP contribution in [0.3, 0.4) is 0 Å². The summed E-state index contributed by atoms with van der Waals surface area (Å²) >= 11 is 4.93. The first kappa shape index (κ1) is 16.2. The van der Waals surface area contributed by atoms with Crippen LogP contribution in [-0.4, -0.2) is 30.7 Å². The Morgan fingerprint density at radius 1 is 1.35 bits per heavy atom. The number of hydrogen-bond acceptors (Lipinski definition) is 4. The third-order valence-electron chi connectivity index (χ3n) is 2.45. The average molecular weight is 296 g/mol. The summed E-state index contributed by atoms with van der Waals surface area (Å²) < 4.78 is 10.7. The molecular formula is C14H20N2O3S. The Morgan fingerprint density at radius 3 is 2.55 bits per heavy atom. The van der Waals surface area contributed by atoms with Gasteiger partial charge < -0.3 is 20.5 Å². The number of nitrogens with two attached hydrogens (primary N) is 1. The molecule has 0 saturated heterocycles. The van der Waals surface area contributed by atoms with Gasteiger partial charge in [0.15, 0.2) is 0 Å². The molecule has 6 heteroatoms. The molecule has 0 saturated carbocycles. The van der Waals surface area contributed by atoms with E-state index in [1.165, 1.54) is 0 Å². The molecule has 0 fully saturated rings. The highest BCUT2D eigenvalue weighted by molar-refractivity contribution is 7.80. The summed E-state index contributed by atoms with van der Waals surface area (Å²) in [4.78, 5) is 11.8. The number of carbonyl (C=O) groups excluding carboxylic acids is 1. The van der Waals surface area contributed by atoms with Gasteiger partial charge in [-0.3, -0.25) is 4.79 Å². The van der Waals surface area contributed by atoms with Crippen molar-refractivity contribution in [2.45, 2.75) is 26.3 Å². The zero-order chi connectivity index (χ0) is 15.1. The Hall–Kier alpha value is -1.82. The summed E-state index contributed by atoms with van der Waals surface area (Å²) in [6.45, 7) is 4.10. The van der Waals surface area contributed by atoms with E-state index in [0.717, 1.165) is 0 Å². The Labute approximate surface area is 124 Å². The number of nitrogens with one attached hydrogen (secondary N) is 1. The minimum atomic E-state index is -0.0440. The molecule has 0 aliphatic heterocycles. The summed E-state index contributed by atoms with van der Waals surface area (Å²) in [7, 11) is 1.55. The minimum absolute atomic E-state index is 0.0440. The van der Waals surface area contributed by atoms with Gasteiger partial charge in [0.2, 0.25) is 5.91 Å². The largest absolute Gasteiger partial charge is 0.497 e. The molecule has 110 valence electrons. The first-order chi connectivity index (χ1) is 9.42. The molecule has 0 aromatic heterocycles. The Bertz CT molecular complexity index is 489. The Kier molecular flexibility index (Phi) is 6.24. The predicted octanol–water partition coefficient (Wildman–Crippen LogP) is 1.62. The van der Waals surface area contributed by atoms with Crippen molar-refractivity contribution < 1.29 is 14.3 Å². The minimum Gasteiger partial charge on any atom is -0.497 e. The Morgan fingerprint density at radius 2 is 2.00 bits per heavy atom. The van der Waals surface area contributed by atoms with E-state index in [2.05, 4.69) is 5.32 Å². The van der Waals surface area contributed by atoms with Gasteiger partial charge in [0.1, 0.15) is 16.5 Å². The van der Waals surface area contributed by atoms with E-state index in [4.69, 9.17) is 27.4 Å². The predicted molar refractivity (Wildman–Crippen MR) is 82.3 cm³/mol. The van der Waals surface area contributed by atoms with Crippen LogP contribution in [-0.2, 0) is 4.79 Å². The molecule has 1 aromatic rings. The van der Waals surface area contributed by atoms with Crippen molar-refractivity contribution in [1.82, 2.24) is 5.32 Å². The zero-order valence-electron chi connectivity index (χ0n) is 11.9. The Balaban J connectivity index is 2.61. The van der Waals surface area contributed by atoms with Crippen molar-refractivity contribution in [2.75, 3.05) is 13.7 Å². The fourth-order valence-corrected chi connectivity index (χ4v) is 1.69. The van der Waals surface area contributed by atoms with Gasteiger partial charge in [-0.1, -0.05) is 12.2 Å². The number of methoxy groups -OCH3 is 1.